The lowest BCUT2D eigenvalue weighted by atomic mass is 10.0. The van der Waals surface area contributed by atoms with Gasteiger partial charge >= 0.3 is 0 Å². The number of rotatable bonds is 7. The maximum atomic E-state index is 5.34. The molecule has 0 aromatic rings. The van der Waals surface area contributed by atoms with Crippen LogP contribution in [0.25, 0.3) is 0 Å². The molecule has 0 radical (unpaired) electrons. The zero-order valence-electron chi connectivity index (χ0n) is 10.3. The Morgan fingerprint density at radius 1 is 1.20 bits per heavy atom. The van der Waals surface area contributed by atoms with Crippen molar-refractivity contribution in [3.8, 4) is 0 Å². The van der Waals surface area contributed by atoms with Crippen molar-refractivity contribution in [2.24, 2.45) is 5.92 Å². The second-order valence-electron chi connectivity index (χ2n) is 4.29. The number of nitrogens with one attached hydrogen (secondary N) is 1. The number of likely N-dealkylation sites (N-methyl/N-ethyl adjacent to an activating group) is 1. The number of hydrogen-bond acceptors (Lipinski definition) is 3. The highest BCUT2D eigenvalue weighted by Gasteiger charge is 2.12. The molecule has 0 amide bonds. The molecular formula is C12H26N2O. The van der Waals surface area contributed by atoms with Gasteiger partial charge in [0.2, 0.25) is 0 Å². The van der Waals surface area contributed by atoms with Crippen LogP contribution in [-0.2, 0) is 4.74 Å². The molecule has 0 unspecified atom stereocenters. The molecule has 1 aliphatic heterocycles. The molecule has 0 aliphatic carbocycles. The highest BCUT2D eigenvalue weighted by atomic mass is 16.5. The topological polar surface area (TPSA) is 24.5 Å². The molecule has 1 aliphatic rings. The summed E-state index contributed by atoms with van der Waals surface area (Å²) in [6.07, 6.45) is 2.47. The van der Waals surface area contributed by atoms with Crippen molar-refractivity contribution in [2.75, 3.05) is 45.9 Å². The molecule has 0 spiro atoms. The Hall–Kier alpha value is -0.120. The molecule has 3 heteroatoms. The molecule has 90 valence electrons. The first kappa shape index (κ1) is 12.9. The van der Waals surface area contributed by atoms with E-state index in [2.05, 4.69) is 24.1 Å². The van der Waals surface area contributed by atoms with Crippen molar-refractivity contribution in [3.05, 3.63) is 0 Å². The zero-order valence-corrected chi connectivity index (χ0v) is 10.3. The lowest BCUT2D eigenvalue weighted by molar-refractivity contribution is 0.0662. The first-order valence-corrected chi connectivity index (χ1v) is 6.37. The number of nitrogens with zero attached hydrogens (tertiary/aromatic N) is 1. The van der Waals surface area contributed by atoms with Crippen molar-refractivity contribution in [1.29, 1.82) is 0 Å². The summed E-state index contributed by atoms with van der Waals surface area (Å²) >= 11 is 0. The van der Waals surface area contributed by atoms with Gasteiger partial charge in [-0.1, -0.05) is 13.8 Å². The minimum atomic E-state index is 0.843. The predicted octanol–water partition coefficient (Wildman–Crippen LogP) is 1.34. The maximum Gasteiger partial charge on any atom is 0.0469 e. The first-order chi connectivity index (χ1) is 7.36. The molecule has 1 rings (SSSR count). The van der Waals surface area contributed by atoms with E-state index in [9.17, 15) is 0 Å². The Kier molecular flexibility index (Phi) is 6.98. The minimum Gasteiger partial charge on any atom is -0.381 e. The highest BCUT2D eigenvalue weighted by Crippen LogP contribution is 2.12. The fourth-order valence-corrected chi connectivity index (χ4v) is 2.03. The molecule has 1 saturated heterocycles. The fraction of sp³-hybridized carbons (Fsp3) is 1.00. The molecule has 0 atom stereocenters. The van der Waals surface area contributed by atoms with Gasteiger partial charge in [-0.2, -0.15) is 0 Å². The Balaban J connectivity index is 1.95. The van der Waals surface area contributed by atoms with E-state index in [1.165, 1.54) is 25.9 Å². The lowest BCUT2D eigenvalue weighted by Crippen LogP contribution is -2.35. The Morgan fingerprint density at radius 3 is 2.47 bits per heavy atom. The summed E-state index contributed by atoms with van der Waals surface area (Å²) in [6, 6.07) is 0. The average molecular weight is 214 g/mol. The van der Waals surface area contributed by atoms with Crippen LogP contribution >= 0.6 is 0 Å². The monoisotopic (exact) mass is 214 g/mol. The largest absolute Gasteiger partial charge is 0.381 e. The van der Waals surface area contributed by atoms with Gasteiger partial charge in [-0.25, -0.2) is 0 Å². The maximum absolute atomic E-state index is 5.34. The molecule has 0 bridgehead atoms. The van der Waals surface area contributed by atoms with E-state index >= 15 is 0 Å². The van der Waals surface area contributed by atoms with E-state index in [1.54, 1.807) is 0 Å². The quantitative estimate of drug-likeness (QED) is 0.647. The van der Waals surface area contributed by atoms with Crippen LogP contribution in [0.15, 0.2) is 0 Å². The van der Waals surface area contributed by atoms with Crippen LogP contribution in [0.4, 0.5) is 0 Å². The van der Waals surface area contributed by atoms with Gasteiger partial charge in [-0.3, -0.25) is 0 Å². The van der Waals surface area contributed by atoms with E-state index in [4.69, 9.17) is 4.74 Å². The Bertz CT molecular complexity index is 143. The predicted molar refractivity (Wildman–Crippen MR) is 64.2 cm³/mol. The minimum absolute atomic E-state index is 0.843. The van der Waals surface area contributed by atoms with Crippen molar-refractivity contribution in [2.45, 2.75) is 26.7 Å². The third kappa shape index (κ3) is 5.50. The molecule has 0 aromatic heterocycles. The van der Waals surface area contributed by atoms with Gasteiger partial charge in [0.1, 0.15) is 0 Å². The number of hydrogen-bond donors (Lipinski definition) is 1. The first-order valence-electron chi connectivity index (χ1n) is 6.37. The highest BCUT2D eigenvalue weighted by molar-refractivity contribution is 4.66. The van der Waals surface area contributed by atoms with Gasteiger partial charge in [0.05, 0.1) is 0 Å². The SMILES string of the molecule is CCN(CC)CCNCC1CCOCC1. The summed E-state index contributed by atoms with van der Waals surface area (Å²) in [7, 11) is 0. The van der Waals surface area contributed by atoms with Crippen LogP contribution in [0, 0.1) is 5.92 Å². The van der Waals surface area contributed by atoms with Crippen LogP contribution in [0.5, 0.6) is 0 Å². The van der Waals surface area contributed by atoms with Gasteiger partial charge in [0.15, 0.2) is 0 Å². The molecule has 15 heavy (non-hydrogen) atoms. The molecular weight excluding hydrogens is 188 g/mol. The summed E-state index contributed by atoms with van der Waals surface area (Å²) in [5.41, 5.74) is 0. The van der Waals surface area contributed by atoms with Crippen LogP contribution in [-0.4, -0.2) is 50.8 Å². The van der Waals surface area contributed by atoms with Gasteiger partial charge in [0, 0.05) is 26.3 Å². The van der Waals surface area contributed by atoms with Crippen LogP contribution in [0.2, 0.25) is 0 Å². The number of ether oxygens (including phenoxy) is 1. The standard InChI is InChI=1S/C12H26N2O/c1-3-14(4-2)8-7-13-11-12-5-9-15-10-6-12/h12-13H,3-11H2,1-2H3. The molecule has 1 N–H and O–H groups in total. The second kappa shape index (κ2) is 8.08. The van der Waals surface area contributed by atoms with E-state index < -0.39 is 0 Å². The van der Waals surface area contributed by atoms with Gasteiger partial charge in [-0.05, 0) is 38.4 Å². The van der Waals surface area contributed by atoms with Crippen LogP contribution in [0.3, 0.4) is 0 Å². The van der Waals surface area contributed by atoms with Gasteiger partial charge in [-0.15, -0.1) is 0 Å². The van der Waals surface area contributed by atoms with Gasteiger partial charge < -0.3 is 15.0 Å². The van der Waals surface area contributed by atoms with Crippen LogP contribution in [0.1, 0.15) is 26.7 Å². The van der Waals surface area contributed by atoms with Crippen LogP contribution < -0.4 is 5.32 Å². The van der Waals surface area contributed by atoms with E-state index in [-0.39, 0.29) is 0 Å². The van der Waals surface area contributed by atoms with Crippen molar-refractivity contribution >= 4 is 0 Å². The Morgan fingerprint density at radius 2 is 1.87 bits per heavy atom. The normalized spacial score (nSPS) is 18.6. The van der Waals surface area contributed by atoms with Crippen molar-refractivity contribution < 1.29 is 4.74 Å². The summed E-state index contributed by atoms with van der Waals surface area (Å²) in [4.78, 5) is 2.46. The Labute approximate surface area is 94.2 Å². The summed E-state index contributed by atoms with van der Waals surface area (Å²) in [5, 5.41) is 3.56. The second-order valence-corrected chi connectivity index (χ2v) is 4.29. The summed E-state index contributed by atoms with van der Waals surface area (Å²) < 4.78 is 5.34. The third-order valence-electron chi connectivity index (χ3n) is 3.27. The third-order valence-corrected chi connectivity index (χ3v) is 3.27. The summed E-state index contributed by atoms with van der Waals surface area (Å²) in [5.74, 6) is 0.843. The van der Waals surface area contributed by atoms with E-state index in [0.29, 0.717) is 0 Å². The zero-order chi connectivity index (χ0) is 10.9. The smallest absolute Gasteiger partial charge is 0.0469 e. The molecule has 0 aromatic carbocycles. The van der Waals surface area contributed by atoms with Crippen molar-refractivity contribution in [1.82, 2.24) is 10.2 Å². The molecule has 1 heterocycles. The van der Waals surface area contributed by atoms with Gasteiger partial charge in [0.25, 0.3) is 0 Å². The van der Waals surface area contributed by atoms with Crippen molar-refractivity contribution in [3.63, 3.8) is 0 Å². The fourth-order valence-electron chi connectivity index (χ4n) is 2.03. The van der Waals surface area contributed by atoms with E-state index in [0.717, 1.165) is 38.8 Å². The molecule has 1 fully saturated rings. The van der Waals surface area contributed by atoms with E-state index in [1.807, 2.05) is 0 Å². The molecule has 0 saturated carbocycles. The lowest BCUT2D eigenvalue weighted by Gasteiger charge is -2.23. The molecule has 3 nitrogen and oxygen atoms in total. The average Bonchev–Trinajstić information content (AvgIpc) is 2.31. The summed E-state index contributed by atoms with van der Waals surface area (Å²) in [6.45, 7) is 12.2.